The van der Waals surface area contributed by atoms with Crippen LogP contribution < -0.4 is 10.1 Å². The van der Waals surface area contributed by atoms with Crippen molar-refractivity contribution in [3.63, 3.8) is 0 Å². The molecule has 0 aliphatic heterocycles. The van der Waals surface area contributed by atoms with Gasteiger partial charge in [-0.05, 0) is 32.9 Å². The number of hydrogen-bond acceptors (Lipinski definition) is 4. The predicted molar refractivity (Wildman–Crippen MR) is 72.1 cm³/mol. The average Bonchev–Trinajstić information content (AvgIpc) is 2.35. The highest BCUT2D eigenvalue weighted by molar-refractivity contribution is 5.45. The smallest absolute Gasteiger partial charge is 0.162 e. The van der Waals surface area contributed by atoms with Crippen molar-refractivity contribution in [2.45, 2.75) is 32.9 Å². The largest absolute Gasteiger partial charge is 0.504 e. The van der Waals surface area contributed by atoms with Crippen LogP contribution in [0.2, 0.25) is 0 Å². The van der Waals surface area contributed by atoms with Crippen molar-refractivity contribution in [3.05, 3.63) is 23.8 Å². The number of nitrogens with one attached hydrogen (secondary N) is 1. The Kier molecular flexibility index (Phi) is 6.54. The number of phenols is 1. The molecule has 0 unspecified atom stereocenters. The highest BCUT2D eigenvalue weighted by Crippen LogP contribution is 2.28. The highest BCUT2D eigenvalue weighted by atomic mass is 16.5. The van der Waals surface area contributed by atoms with E-state index < -0.39 is 0 Å². The van der Waals surface area contributed by atoms with Gasteiger partial charge in [0.05, 0.1) is 13.2 Å². The minimum Gasteiger partial charge on any atom is -0.504 e. The van der Waals surface area contributed by atoms with Crippen molar-refractivity contribution < 1.29 is 14.6 Å². The Bertz CT molecular complexity index is 353. The van der Waals surface area contributed by atoms with Gasteiger partial charge in [-0.25, -0.2) is 0 Å². The topological polar surface area (TPSA) is 50.7 Å². The highest BCUT2D eigenvalue weighted by Gasteiger charge is 2.06. The van der Waals surface area contributed by atoms with Crippen molar-refractivity contribution in [2.75, 3.05) is 20.3 Å². The van der Waals surface area contributed by atoms with E-state index in [1.807, 2.05) is 26.0 Å². The van der Waals surface area contributed by atoms with Crippen LogP contribution in [0.5, 0.6) is 11.5 Å². The van der Waals surface area contributed by atoms with Gasteiger partial charge in [-0.2, -0.15) is 0 Å². The van der Waals surface area contributed by atoms with Gasteiger partial charge in [-0.3, -0.25) is 0 Å². The summed E-state index contributed by atoms with van der Waals surface area (Å²) in [6.45, 7) is 6.31. The Hall–Kier alpha value is -1.26. The van der Waals surface area contributed by atoms with Crippen molar-refractivity contribution in [3.8, 4) is 11.5 Å². The third kappa shape index (κ3) is 4.94. The molecule has 0 heterocycles. The van der Waals surface area contributed by atoms with Crippen LogP contribution in [0.3, 0.4) is 0 Å². The van der Waals surface area contributed by atoms with Crippen molar-refractivity contribution in [2.24, 2.45) is 0 Å². The summed E-state index contributed by atoms with van der Waals surface area (Å²) in [5.74, 6) is 0.725. The zero-order valence-electron chi connectivity index (χ0n) is 11.4. The maximum atomic E-state index is 9.87. The van der Waals surface area contributed by atoms with Gasteiger partial charge >= 0.3 is 0 Å². The quantitative estimate of drug-likeness (QED) is 0.698. The van der Waals surface area contributed by atoms with Crippen molar-refractivity contribution in [1.82, 2.24) is 5.32 Å². The number of benzene rings is 1. The molecule has 4 nitrogen and oxygen atoms in total. The molecule has 0 saturated heterocycles. The van der Waals surface area contributed by atoms with Gasteiger partial charge in [0.1, 0.15) is 0 Å². The summed E-state index contributed by atoms with van der Waals surface area (Å²) in [5, 5.41) is 13.1. The van der Waals surface area contributed by atoms with E-state index in [4.69, 9.17) is 9.47 Å². The fourth-order valence-electron chi connectivity index (χ4n) is 1.61. The standard InChI is InChI=1S/C14H23NO3/c1-11(2)18-9-5-8-15-10-12-6-4-7-13(17-3)14(12)16/h4,6-7,11,15-16H,5,8-10H2,1-3H3. The number of hydrogen-bond donors (Lipinski definition) is 2. The Morgan fingerprint density at radius 2 is 2.11 bits per heavy atom. The molecule has 0 saturated carbocycles. The lowest BCUT2D eigenvalue weighted by Gasteiger charge is -2.10. The second kappa shape index (κ2) is 7.95. The SMILES string of the molecule is COc1cccc(CNCCCOC(C)C)c1O. The summed E-state index contributed by atoms with van der Waals surface area (Å²) < 4.78 is 10.5. The molecule has 1 rings (SSSR count). The molecule has 0 radical (unpaired) electrons. The van der Waals surface area contributed by atoms with Crippen LogP contribution in [0.15, 0.2) is 18.2 Å². The first-order valence-electron chi connectivity index (χ1n) is 6.32. The number of aromatic hydroxyl groups is 1. The van der Waals surface area contributed by atoms with Crippen LogP contribution in [0.1, 0.15) is 25.8 Å². The van der Waals surface area contributed by atoms with Crippen molar-refractivity contribution in [1.29, 1.82) is 0 Å². The lowest BCUT2D eigenvalue weighted by Crippen LogP contribution is -2.17. The second-order valence-corrected chi connectivity index (χ2v) is 4.42. The minimum absolute atomic E-state index is 0.214. The maximum Gasteiger partial charge on any atom is 0.162 e. The first-order chi connectivity index (χ1) is 8.65. The van der Waals surface area contributed by atoms with Gasteiger partial charge in [-0.1, -0.05) is 12.1 Å². The summed E-state index contributed by atoms with van der Waals surface area (Å²) in [4.78, 5) is 0. The molecule has 0 amide bonds. The van der Waals surface area contributed by atoms with Crippen molar-refractivity contribution >= 4 is 0 Å². The van der Waals surface area contributed by atoms with E-state index in [9.17, 15) is 5.11 Å². The van der Waals surface area contributed by atoms with Gasteiger partial charge in [0, 0.05) is 18.7 Å². The monoisotopic (exact) mass is 253 g/mol. The van der Waals surface area contributed by atoms with Gasteiger partial charge in [0.2, 0.25) is 0 Å². The fraction of sp³-hybridized carbons (Fsp3) is 0.571. The molecule has 1 aromatic carbocycles. The van der Waals surface area contributed by atoms with Gasteiger partial charge in [0.15, 0.2) is 11.5 Å². The molecular formula is C14H23NO3. The Balaban J connectivity index is 2.27. The molecule has 1 aromatic rings. The van der Waals surface area contributed by atoms with E-state index in [0.29, 0.717) is 12.3 Å². The summed E-state index contributed by atoms with van der Waals surface area (Å²) in [6.07, 6.45) is 1.25. The molecule has 0 bridgehead atoms. The first-order valence-corrected chi connectivity index (χ1v) is 6.32. The number of para-hydroxylation sites is 1. The Morgan fingerprint density at radius 1 is 1.33 bits per heavy atom. The summed E-state index contributed by atoms with van der Waals surface area (Å²) in [7, 11) is 1.55. The van der Waals surface area contributed by atoms with E-state index in [-0.39, 0.29) is 11.9 Å². The third-order valence-corrected chi connectivity index (χ3v) is 2.57. The van der Waals surface area contributed by atoms with E-state index in [1.54, 1.807) is 13.2 Å². The average molecular weight is 253 g/mol. The normalized spacial score (nSPS) is 10.9. The Morgan fingerprint density at radius 3 is 2.78 bits per heavy atom. The van der Waals surface area contributed by atoms with Gasteiger partial charge in [-0.15, -0.1) is 0 Å². The summed E-state index contributed by atoms with van der Waals surface area (Å²) >= 11 is 0. The number of ether oxygens (including phenoxy) is 2. The molecular weight excluding hydrogens is 230 g/mol. The number of rotatable bonds is 8. The van der Waals surface area contributed by atoms with Crippen LogP contribution >= 0.6 is 0 Å². The second-order valence-electron chi connectivity index (χ2n) is 4.42. The molecule has 0 aliphatic rings. The fourth-order valence-corrected chi connectivity index (χ4v) is 1.61. The number of phenolic OH excluding ortho intramolecular Hbond substituents is 1. The molecule has 2 N–H and O–H groups in total. The maximum absolute atomic E-state index is 9.87. The summed E-state index contributed by atoms with van der Waals surface area (Å²) in [5.41, 5.74) is 0.846. The molecule has 4 heteroatoms. The van der Waals surface area contributed by atoms with E-state index in [0.717, 1.165) is 25.1 Å². The van der Waals surface area contributed by atoms with Crippen LogP contribution in [0.25, 0.3) is 0 Å². The first kappa shape index (κ1) is 14.8. The van der Waals surface area contributed by atoms with E-state index >= 15 is 0 Å². The zero-order valence-corrected chi connectivity index (χ0v) is 11.4. The van der Waals surface area contributed by atoms with Crippen LogP contribution in [-0.4, -0.2) is 31.5 Å². The molecule has 0 fully saturated rings. The molecule has 0 spiro atoms. The van der Waals surface area contributed by atoms with Crippen LogP contribution in [0, 0.1) is 0 Å². The molecule has 102 valence electrons. The van der Waals surface area contributed by atoms with E-state index in [1.165, 1.54) is 0 Å². The number of methoxy groups -OCH3 is 1. The molecule has 0 aliphatic carbocycles. The van der Waals surface area contributed by atoms with Crippen LogP contribution in [0.4, 0.5) is 0 Å². The van der Waals surface area contributed by atoms with Gasteiger partial charge in [0.25, 0.3) is 0 Å². The zero-order chi connectivity index (χ0) is 13.4. The molecule has 0 atom stereocenters. The minimum atomic E-state index is 0.214. The molecule has 0 aromatic heterocycles. The molecule has 18 heavy (non-hydrogen) atoms. The van der Waals surface area contributed by atoms with Gasteiger partial charge < -0.3 is 19.9 Å². The third-order valence-electron chi connectivity index (χ3n) is 2.57. The van der Waals surface area contributed by atoms with E-state index in [2.05, 4.69) is 5.32 Å². The predicted octanol–water partition coefficient (Wildman–Crippen LogP) is 2.31. The lowest BCUT2D eigenvalue weighted by atomic mass is 10.2. The summed E-state index contributed by atoms with van der Waals surface area (Å²) in [6, 6.07) is 5.50. The Labute approximate surface area is 109 Å². The lowest BCUT2D eigenvalue weighted by molar-refractivity contribution is 0.0770. The van der Waals surface area contributed by atoms with Crippen LogP contribution in [-0.2, 0) is 11.3 Å².